The fraction of sp³-hybridized carbons (Fsp3) is 0.500. The maximum atomic E-state index is 13.7. The molecule has 0 heterocycles. The lowest BCUT2D eigenvalue weighted by Crippen LogP contribution is -2.17. The van der Waals surface area contributed by atoms with Gasteiger partial charge in [0.1, 0.15) is 4.83 Å². The van der Waals surface area contributed by atoms with Gasteiger partial charge in [0.25, 0.3) is 5.92 Å². The second-order valence-electron chi connectivity index (χ2n) is 4.13. The number of halogens is 7. The molecule has 0 radical (unpaired) electrons. The van der Waals surface area contributed by atoms with Gasteiger partial charge in [0.15, 0.2) is 0 Å². The molecular weight excluding hydrogens is 354 g/mol. The summed E-state index contributed by atoms with van der Waals surface area (Å²) < 4.78 is 65.1. The minimum Gasteiger partial charge on any atom is -0.201 e. The van der Waals surface area contributed by atoms with Gasteiger partial charge in [-0.25, -0.2) is 8.78 Å². The highest BCUT2D eigenvalue weighted by molar-refractivity contribution is 9.09. The van der Waals surface area contributed by atoms with E-state index in [4.69, 9.17) is 11.6 Å². The highest BCUT2D eigenvalue weighted by Crippen LogP contribution is 2.43. The molecule has 19 heavy (non-hydrogen) atoms. The van der Waals surface area contributed by atoms with Gasteiger partial charge in [0, 0.05) is 17.0 Å². The lowest BCUT2D eigenvalue weighted by molar-refractivity contribution is -0.128. The first-order chi connectivity index (χ1) is 8.58. The van der Waals surface area contributed by atoms with E-state index in [-0.39, 0.29) is 17.0 Å². The first kappa shape index (κ1) is 16.7. The van der Waals surface area contributed by atoms with Crippen LogP contribution in [0.15, 0.2) is 18.2 Å². The second-order valence-corrected chi connectivity index (χ2v) is 5.48. The smallest absolute Gasteiger partial charge is 0.201 e. The van der Waals surface area contributed by atoms with Crippen LogP contribution in [-0.4, -0.2) is 6.18 Å². The van der Waals surface area contributed by atoms with E-state index in [9.17, 15) is 22.0 Å². The van der Waals surface area contributed by atoms with Gasteiger partial charge in [-0.05, 0) is 23.8 Å². The second kappa shape index (κ2) is 5.95. The highest BCUT2D eigenvalue weighted by Gasteiger charge is 2.40. The van der Waals surface area contributed by atoms with E-state index in [1.807, 2.05) is 0 Å². The zero-order valence-electron chi connectivity index (χ0n) is 9.87. The van der Waals surface area contributed by atoms with E-state index in [0.717, 1.165) is 18.2 Å². The van der Waals surface area contributed by atoms with Crippen molar-refractivity contribution in [2.75, 3.05) is 0 Å². The Hall–Kier alpha value is -0.360. The molecule has 0 fully saturated rings. The molecule has 0 aromatic heterocycles. The highest BCUT2D eigenvalue weighted by atomic mass is 79.9. The Morgan fingerprint density at radius 3 is 2.21 bits per heavy atom. The van der Waals surface area contributed by atoms with Crippen LogP contribution in [0, 0.1) is 0 Å². The molecule has 1 aromatic rings. The Morgan fingerprint density at radius 1 is 1.16 bits per heavy atom. The van der Waals surface area contributed by atoms with Crippen LogP contribution in [0.3, 0.4) is 0 Å². The fourth-order valence-corrected chi connectivity index (χ4v) is 2.13. The van der Waals surface area contributed by atoms with Crippen LogP contribution in [0.25, 0.3) is 0 Å². The van der Waals surface area contributed by atoms with Crippen molar-refractivity contribution in [1.29, 1.82) is 0 Å². The van der Waals surface area contributed by atoms with Gasteiger partial charge < -0.3 is 0 Å². The van der Waals surface area contributed by atoms with Crippen LogP contribution in [-0.2, 0) is 5.92 Å². The minimum atomic E-state index is -4.57. The number of rotatable bonds is 4. The van der Waals surface area contributed by atoms with Crippen molar-refractivity contribution in [3.8, 4) is 0 Å². The quantitative estimate of drug-likeness (QED) is 0.438. The summed E-state index contributed by atoms with van der Waals surface area (Å²) in [5.41, 5.74) is -0.823. The molecule has 0 saturated heterocycles. The van der Waals surface area contributed by atoms with E-state index in [1.165, 1.54) is 0 Å². The molecule has 108 valence electrons. The summed E-state index contributed by atoms with van der Waals surface area (Å²) in [4.78, 5) is -2.02. The first-order valence-electron chi connectivity index (χ1n) is 5.47. The van der Waals surface area contributed by atoms with Crippen molar-refractivity contribution in [3.63, 3.8) is 0 Å². The molecule has 1 rings (SSSR count). The zero-order chi connectivity index (χ0) is 14.8. The standard InChI is InChI=1S/C12H11BrClF5/c1-2-3-11(15,16)8-4-7(5-9(14)6-8)10(13)12(17,18)19/h4-6,10H,2-3H2,1H3. The molecule has 1 atom stereocenters. The monoisotopic (exact) mass is 364 g/mol. The van der Waals surface area contributed by atoms with Crippen molar-refractivity contribution in [3.05, 3.63) is 34.3 Å². The SMILES string of the molecule is CCCC(F)(F)c1cc(Cl)cc(C(Br)C(F)(F)F)c1. The molecule has 7 heteroatoms. The van der Waals surface area contributed by atoms with Gasteiger partial charge >= 0.3 is 6.18 Å². The van der Waals surface area contributed by atoms with E-state index in [0.29, 0.717) is 0 Å². The average molecular weight is 366 g/mol. The van der Waals surface area contributed by atoms with Gasteiger partial charge in [-0.3, -0.25) is 0 Å². The van der Waals surface area contributed by atoms with E-state index < -0.39 is 28.9 Å². The number of hydrogen-bond acceptors (Lipinski definition) is 0. The van der Waals surface area contributed by atoms with Crippen molar-refractivity contribution >= 4 is 27.5 Å². The third kappa shape index (κ3) is 4.31. The molecule has 1 aromatic carbocycles. The van der Waals surface area contributed by atoms with Gasteiger partial charge in [0.2, 0.25) is 0 Å². The van der Waals surface area contributed by atoms with Crippen molar-refractivity contribution in [2.24, 2.45) is 0 Å². The van der Waals surface area contributed by atoms with Crippen molar-refractivity contribution in [1.82, 2.24) is 0 Å². The van der Waals surface area contributed by atoms with Gasteiger partial charge in [0.05, 0.1) is 0 Å². The van der Waals surface area contributed by atoms with Gasteiger partial charge in [-0.2, -0.15) is 13.2 Å². The van der Waals surface area contributed by atoms with E-state index in [1.54, 1.807) is 6.92 Å². The zero-order valence-corrected chi connectivity index (χ0v) is 12.2. The summed E-state index contributed by atoms with van der Waals surface area (Å²) in [6, 6.07) is 2.87. The number of hydrogen-bond donors (Lipinski definition) is 0. The Balaban J connectivity index is 3.21. The largest absolute Gasteiger partial charge is 0.405 e. The molecule has 0 aliphatic rings. The summed E-state index contributed by atoms with van der Waals surface area (Å²) in [5, 5.41) is -0.142. The topological polar surface area (TPSA) is 0 Å². The Bertz CT molecular complexity index is 444. The summed E-state index contributed by atoms with van der Waals surface area (Å²) >= 11 is 8.08. The molecule has 0 N–H and O–H groups in total. The Labute approximate surface area is 121 Å². The van der Waals surface area contributed by atoms with Crippen molar-refractivity contribution < 1.29 is 22.0 Å². The van der Waals surface area contributed by atoms with Gasteiger partial charge in [-0.15, -0.1) is 0 Å². The summed E-state index contributed by atoms with van der Waals surface area (Å²) in [6.07, 6.45) is -4.79. The normalized spacial score (nSPS) is 14.5. The molecule has 0 aliphatic heterocycles. The van der Waals surface area contributed by atoms with E-state index in [2.05, 4.69) is 15.9 Å². The summed E-state index contributed by atoms with van der Waals surface area (Å²) in [5.74, 6) is -3.19. The minimum absolute atomic E-state index is 0.142. The predicted octanol–water partition coefficient (Wildman–Crippen LogP) is 6.23. The molecule has 0 spiro atoms. The lowest BCUT2D eigenvalue weighted by Gasteiger charge is -2.20. The first-order valence-corrected chi connectivity index (χ1v) is 6.77. The maximum Gasteiger partial charge on any atom is 0.405 e. The maximum absolute atomic E-state index is 13.7. The molecular formula is C12H11BrClF5. The number of benzene rings is 1. The van der Waals surface area contributed by atoms with Crippen LogP contribution < -0.4 is 0 Å². The number of alkyl halides is 6. The molecule has 0 nitrogen and oxygen atoms in total. The summed E-state index contributed by atoms with van der Waals surface area (Å²) in [7, 11) is 0. The van der Waals surface area contributed by atoms with Crippen LogP contribution in [0.4, 0.5) is 22.0 Å². The molecule has 0 amide bonds. The van der Waals surface area contributed by atoms with Crippen LogP contribution >= 0.6 is 27.5 Å². The molecule has 0 bridgehead atoms. The van der Waals surface area contributed by atoms with Crippen LogP contribution in [0.1, 0.15) is 35.7 Å². The Morgan fingerprint density at radius 2 is 1.74 bits per heavy atom. The molecule has 1 unspecified atom stereocenters. The van der Waals surface area contributed by atoms with Gasteiger partial charge in [-0.1, -0.05) is 40.9 Å². The lowest BCUT2D eigenvalue weighted by atomic mass is 10.0. The van der Waals surface area contributed by atoms with E-state index >= 15 is 0 Å². The summed E-state index contributed by atoms with van der Waals surface area (Å²) in [6.45, 7) is 1.57. The third-order valence-electron chi connectivity index (χ3n) is 2.49. The average Bonchev–Trinajstić information content (AvgIpc) is 2.25. The molecule has 0 aliphatic carbocycles. The molecule has 0 saturated carbocycles. The fourth-order valence-electron chi connectivity index (χ4n) is 1.62. The predicted molar refractivity (Wildman–Crippen MR) is 68.0 cm³/mol. The Kier molecular flexibility index (Phi) is 5.23. The third-order valence-corrected chi connectivity index (χ3v) is 3.75. The van der Waals surface area contributed by atoms with Crippen LogP contribution in [0.5, 0.6) is 0 Å². The van der Waals surface area contributed by atoms with Crippen LogP contribution in [0.2, 0.25) is 5.02 Å². The van der Waals surface area contributed by atoms with Crippen molar-refractivity contribution in [2.45, 2.75) is 36.7 Å².